The molecular weight excluding hydrogens is 257 g/mol. The molecule has 20 heavy (non-hydrogen) atoms. The molecule has 0 spiro atoms. The molecule has 0 saturated heterocycles. The maximum Gasteiger partial charge on any atom is 0.251 e. The van der Waals surface area contributed by atoms with Crippen molar-refractivity contribution in [2.45, 2.75) is 0 Å². The van der Waals surface area contributed by atoms with Crippen LogP contribution < -0.4 is 5.73 Å². The summed E-state index contributed by atoms with van der Waals surface area (Å²) in [6.45, 7) is 0. The molecule has 1 aromatic carbocycles. The Balaban J connectivity index is 2.26. The Hall–Kier alpha value is -2.69. The predicted octanol–water partition coefficient (Wildman–Crippen LogP) is 2.48. The van der Waals surface area contributed by atoms with Gasteiger partial charge < -0.3 is 10.3 Å². The van der Waals surface area contributed by atoms with Gasteiger partial charge in [0.2, 0.25) is 0 Å². The van der Waals surface area contributed by atoms with Gasteiger partial charge in [-0.15, -0.1) is 0 Å². The lowest BCUT2D eigenvalue weighted by Crippen LogP contribution is -2.13. The van der Waals surface area contributed by atoms with Crippen molar-refractivity contribution < 1.29 is 9.18 Å². The van der Waals surface area contributed by atoms with Crippen LogP contribution in [0.25, 0.3) is 22.2 Å². The number of amides is 1. The third-order valence-electron chi connectivity index (χ3n) is 3.31. The highest BCUT2D eigenvalue weighted by molar-refractivity contribution is 5.97. The van der Waals surface area contributed by atoms with Gasteiger partial charge in [-0.2, -0.15) is 0 Å². The summed E-state index contributed by atoms with van der Waals surface area (Å²) in [7, 11) is 1.90. The van der Waals surface area contributed by atoms with Gasteiger partial charge in [0, 0.05) is 24.8 Å². The molecule has 2 N–H and O–H groups in total. The van der Waals surface area contributed by atoms with E-state index in [1.165, 1.54) is 12.1 Å². The molecule has 2 aromatic heterocycles. The largest absolute Gasteiger partial charge is 0.366 e. The van der Waals surface area contributed by atoms with Crippen LogP contribution >= 0.6 is 0 Å². The van der Waals surface area contributed by atoms with Crippen LogP contribution in [0.5, 0.6) is 0 Å². The van der Waals surface area contributed by atoms with E-state index < -0.39 is 11.7 Å². The molecule has 3 rings (SSSR count). The molecule has 0 radical (unpaired) electrons. The lowest BCUT2D eigenvalue weighted by molar-refractivity contribution is 0.0996. The van der Waals surface area contributed by atoms with E-state index in [1.54, 1.807) is 12.3 Å². The van der Waals surface area contributed by atoms with E-state index in [1.807, 2.05) is 29.9 Å². The smallest absolute Gasteiger partial charge is 0.251 e. The fraction of sp³-hybridized carbons (Fsp3) is 0.0667. The Labute approximate surface area is 114 Å². The van der Waals surface area contributed by atoms with Gasteiger partial charge in [0.25, 0.3) is 5.91 Å². The van der Waals surface area contributed by atoms with Gasteiger partial charge in [-0.1, -0.05) is 6.07 Å². The fourth-order valence-corrected chi connectivity index (χ4v) is 2.30. The van der Waals surface area contributed by atoms with Gasteiger partial charge in [-0.25, -0.2) is 9.37 Å². The topological polar surface area (TPSA) is 60.9 Å². The van der Waals surface area contributed by atoms with E-state index in [-0.39, 0.29) is 5.56 Å². The van der Waals surface area contributed by atoms with Crippen molar-refractivity contribution in [1.82, 2.24) is 9.55 Å². The Kier molecular flexibility index (Phi) is 2.75. The zero-order valence-electron chi connectivity index (χ0n) is 10.8. The molecule has 4 nitrogen and oxygen atoms in total. The second kappa shape index (κ2) is 4.45. The zero-order valence-corrected chi connectivity index (χ0v) is 10.8. The summed E-state index contributed by atoms with van der Waals surface area (Å²) in [6.07, 6.45) is 3.59. The van der Waals surface area contributed by atoms with Crippen LogP contribution in [-0.2, 0) is 7.05 Å². The third-order valence-corrected chi connectivity index (χ3v) is 3.31. The van der Waals surface area contributed by atoms with Crippen LogP contribution in [0.15, 0.2) is 42.7 Å². The standard InChI is InChI=1S/C15H12FN3O/c1-19-7-5-11-10(4-6-18-15(11)19)9-2-3-13(16)12(8-9)14(17)20/h2-8H,1H3,(H2,17,20). The van der Waals surface area contributed by atoms with Crippen LogP contribution in [0.3, 0.4) is 0 Å². The monoisotopic (exact) mass is 269 g/mol. The molecule has 0 fully saturated rings. The average molecular weight is 269 g/mol. The predicted molar refractivity (Wildman–Crippen MR) is 74.6 cm³/mol. The number of hydrogen-bond donors (Lipinski definition) is 1. The second-order valence-electron chi connectivity index (χ2n) is 4.58. The number of primary amides is 1. The lowest BCUT2D eigenvalue weighted by atomic mass is 10.0. The number of pyridine rings is 1. The SMILES string of the molecule is Cn1ccc2c(-c3ccc(F)c(C(N)=O)c3)ccnc21. The maximum atomic E-state index is 13.5. The van der Waals surface area contributed by atoms with E-state index in [0.717, 1.165) is 22.2 Å². The van der Waals surface area contributed by atoms with Crippen molar-refractivity contribution in [3.63, 3.8) is 0 Å². The lowest BCUT2D eigenvalue weighted by Gasteiger charge is -2.06. The number of nitrogens with two attached hydrogens (primary N) is 1. The molecule has 0 bridgehead atoms. The Morgan fingerprint density at radius 3 is 2.85 bits per heavy atom. The number of hydrogen-bond acceptors (Lipinski definition) is 2. The number of benzene rings is 1. The van der Waals surface area contributed by atoms with Crippen LogP contribution in [0, 0.1) is 5.82 Å². The van der Waals surface area contributed by atoms with E-state index >= 15 is 0 Å². The first kappa shape index (κ1) is 12.3. The summed E-state index contributed by atoms with van der Waals surface area (Å²) in [5.74, 6) is -1.39. The van der Waals surface area contributed by atoms with Crippen molar-refractivity contribution in [3.05, 3.63) is 54.1 Å². The quantitative estimate of drug-likeness (QED) is 0.777. The highest BCUT2D eigenvalue weighted by Gasteiger charge is 2.12. The normalized spacial score (nSPS) is 10.9. The molecule has 5 heteroatoms. The summed E-state index contributed by atoms with van der Waals surface area (Å²) in [6, 6.07) is 8.12. The summed E-state index contributed by atoms with van der Waals surface area (Å²) in [4.78, 5) is 15.5. The van der Waals surface area contributed by atoms with Gasteiger partial charge in [-0.3, -0.25) is 4.79 Å². The Bertz CT molecular complexity index is 823. The van der Waals surface area contributed by atoms with Gasteiger partial charge >= 0.3 is 0 Å². The van der Waals surface area contributed by atoms with Gasteiger partial charge in [0.05, 0.1) is 5.56 Å². The number of aryl methyl sites for hydroxylation is 1. The number of rotatable bonds is 2. The number of carbonyl (C=O) groups excluding carboxylic acids is 1. The van der Waals surface area contributed by atoms with Crippen molar-refractivity contribution in [3.8, 4) is 11.1 Å². The minimum Gasteiger partial charge on any atom is -0.366 e. The minimum atomic E-state index is -0.775. The summed E-state index contributed by atoms with van der Waals surface area (Å²) < 4.78 is 15.4. The molecule has 0 aliphatic rings. The van der Waals surface area contributed by atoms with Crippen LogP contribution in [0.2, 0.25) is 0 Å². The van der Waals surface area contributed by atoms with E-state index in [9.17, 15) is 9.18 Å². The fourth-order valence-electron chi connectivity index (χ4n) is 2.30. The van der Waals surface area contributed by atoms with Gasteiger partial charge in [0.1, 0.15) is 11.5 Å². The maximum absolute atomic E-state index is 13.5. The number of fused-ring (bicyclic) bond motifs is 1. The Morgan fingerprint density at radius 2 is 2.10 bits per heavy atom. The van der Waals surface area contributed by atoms with Crippen LogP contribution in [-0.4, -0.2) is 15.5 Å². The number of aromatic nitrogens is 2. The highest BCUT2D eigenvalue weighted by Crippen LogP contribution is 2.29. The van der Waals surface area contributed by atoms with Crippen molar-refractivity contribution in [1.29, 1.82) is 0 Å². The summed E-state index contributed by atoms with van der Waals surface area (Å²) in [5, 5.41) is 0.942. The van der Waals surface area contributed by atoms with Gasteiger partial charge in [0.15, 0.2) is 0 Å². The first-order valence-electron chi connectivity index (χ1n) is 6.07. The molecule has 100 valence electrons. The minimum absolute atomic E-state index is 0.108. The molecule has 0 saturated carbocycles. The summed E-state index contributed by atoms with van der Waals surface area (Å²) in [5.41, 5.74) is 7.52. The van der Waals surface area contributed by atoms with Crippen LogP contribution in [0.4, 0.5) is 4.39 Å². The van der Waals surface area contributed by atoms with Gasteiger partial charge in [-0.05, 0) is 35.4 Å². The molecule has 3 aromatic rings. The molecule has 0 unspecified atom stereocenters. The number of carbonyl (C=O) groups is 1. The molecule has 0 aliphatic carbocycles. The Morgan fingerprint density at radius 1 is 1.30 bits per heavy atom. The second-order valence-corrected chi connectivity index (χ2v) is 4.58. The number of nitrogens with zero attached hydrogens (tertiary/aromatic N) is 2. The highest BCUT2D eigenvalue weighted by atomic mass is 19.1. The van der Waals surface area contributed by atoms with E-state index in [4.69, 9.17) is 5.73 Å². The molecule has 1 amide bonds. The number of halogens is 1. The molecule has 0 atom stereocenters. The van der Waals surface area contributed by atoms with Crippen molar-refractivity contribution >= 4 is 16.9 Å². The zero-order chi connectivity index (χ0) is 14.3. The first-order valence-corrected chi connectivity index (χ1v) is 6.07. The first-order chi connectivity index (χ1) is 9.58. The third kappa shape index (κ3) is 1.84. The molecule has 2 heterocycles. The van der Waals surface area contributed by atoms with E-state index in [0.29, 0.717) is 0 Å². The average Bonchev–Trinajstić information content (AvgIpc) is 2.81. The van der Waals surface area contributed by atoms with Crippen molar-refractivity contribution in [2.75, 3.05) is 0 Å². The van der Waals surface area contributed by atoms with Crippen molar-refractivity contribution in [2.24, 2.45) is 12.8 Å². The summed E-state index contributed by atoms with van der Waals surface area (Å²) >= 11 is 0. The molecular formula is C15H12FN3O. The molecule has 0 aliphatic heterocycles. The van der Waals surface area contributed by atoms with Crippen LogP contribution in [0.1, 0.15) is 10.4 Å². The van der Waals surface area contributed by atoms with E-state index in [2.05, 4.69) is 4.98 Å².